The van der Waals surface area contributed by atoms with Gasteiger partial charge in [0.15, 0.2) is 12.2 Å². The van der Waals surface area contributed by atoms with Crippen LogP contribution in [0.25, 0.3) is 0 Å². The zero-order chi connectivity index (χ0) is 60.5. The summed E-state index contributed by atoms with van der Waals surface area (Å²) in [4.78, 5) is 72.1. The summed E-state index contributed by atoms with van der Waals surface area (Å²) in [6.07, 6.45) is 43.0. The van der Waals surface area contributed by atoms with Crippen molar-refractivity contribution in [2.24, 2.45) is 0 Å². The van der Waals surface area contributed by atoms with Crippen molar-refractivity contribution in [2.45, 2.75) is 341 Å². The minimum atomic E-state index is -4.94. The van der Waals surface area contributed by atoms with E-state index in [1.54, 1.807) is 0 Å². The maximum Gasteiger partial charge on any atom is 0.472 e. The standard InChI is InChI=1S/C63H122O17P2/c1-5-9-13-17-21-25-27-29-31-34-38-42-46-50-63(68)80-59(54-74-61(66)48-44-40-36-33-30-28-26-22-18-14-10-6-2)56-78-82(71,72)76-52-57(64)51-75-81(69,70)77-55-58(53-73-60(65)47-43-39-35-24-20-16-12-8-4)79-62(67)49-45-41-37-32-23-19-15-11-7-3/h57-59,64H,5-56H2,1-4H3,(H,69,70)(H,71,72)/t57-,58+,59+/m0/s1. The quantitative estimate of drug-likeness (QED) is 0.0222. The Morgan fingerprint density at radius 2 is 0.488 bits per heavy atom. The van der Waals surface area contributed by atoms with E-state index in [1.807, 2.05) is 0 Å². The lowest BCUT2D eigenvalue weighted by Gasteiger charge is -2.21. The number of aliphatic hydroxyl groups excluding tert-OH is 1. The van der Waals surface area contributed by atoms with Crippen molar-refractivity contribution < 1.29 is 80.2 Å². The average Bonchev–Trinajstić information content (AvgIpc) is 3.45. The molecule has 3 N–H and O–H groups in total. The van der Waals surface area contributed by atoms with Crippen LogP contribution < -0.4 is 0 Å². The minimum absolute atomic E-state index is 0.106. The van der Waals surface area contributed by atoms with Crippen molar-refractivity contribution in [3.05, 3.63) is 0 Å². The van der Waals surface area contributed by atoms with Gasteiger partial charge in [-0.15, -0.1) is 0 Å². The van der Waals surface area contributed by atoms with Crippen LogP contribution in [-0.4, -0.2) is 96.7 Å². The SMILES string of the molecule is CCCCCCCCCCCCCCCC(=O)O[C@H](COC(=O)CCCCCCCCCCCCCC)COP(=O)(O)OC[C@@H](O)COP(=O)(O)OC[C@@H](COC(=O)CCCCCCCCCC)OC(=O)CCCCCCCCCCC. The molecule has 0 spiro atoms. The van der Waals surface area contributed by atoms with E-state index < -0.39 is 97.5 Å². The van der Waals surface area contributed by atoms with Crippen LogP contribution in [0.1, 0.15) is 323 Å². The summed E-state index contributed by atoms with van der Waals surface area (Å²) in [5.74, 6) is -2.13. The Kier molecular flexibility index (Phi) is 56.7. The van der Waals surface area contributed by atoms with Gasteiger partial charge in [-0.3, -0.25) is 37.3 Å². The van der Waals surface area contributed by atoms with Gasteiger partial charge in [0.25, 0.3) is 0 Å². The molecule has 0 saturated heterocycles. The van der Waals surface area contributed by atoms with Crippen LogP contribution in [0.15, 0.2) is 0 Å². The highest BCUT2D eigenvalue weighted by Crippen LogP contribution is 2.45. The molecule has 0 heterocycles. The number of esters is 4. The van der Waals surface area contributed by atoms with Crippen molar-refractivity contribution in [1.29, 1.82) is 0 Å². The fraction of sp³-hybridized carbons (Fsp3) is 0.937. The van der Waals surface area contributed by atoms with Gasteiger partial charge in [0, 0.05) is 25.7 Å². The lowest BCUT2D eigenvalue weighted by Crippen LogP contribution is -2.30. The van der Waals surface area contributed by atoms with Crippen LogP contribution in [0, 0.1) is 0 Å². The number of rotatable bonds is 64. The van der Waals surface area contributed by atoms with Crippen molar-refractivity contribution >= 4 is 39.5 Å². The van der Waals surface area contributed by atoms with E-state index >= 15 is 0 Å². The summed E-state index contributed by atoms with van der Waals surface area (Å²) in [6.45, 7) is 4.85. The Bertz CT molecular complexity index is 1590. The smallest absolute Gasteiger partial charge is 0.462 e. The maximum absolute atomic E-state index is 13.0. The van der Waals surface area contributed by atoms with Crippen molar-refractivity contribution in [3.8, 4) is 0 Å². The first-order valence-corrected chi connectivity index (χ1v) is 36.3. The Labute approximate surface area is 498 Å². The molecule has 0 rings (SSSR count). The molecule has 17 nitrogen and oxygen atoms in total. The highest BCUT2D eigenvalue weighted by Gasteiger charge is 2.30. The highest BCUT2D eigenvalue weighted by atomic mass is 31.2. The largest absolute Gasteiger partial charge is 0.472 e. The van der Waals surface area contributed by atoms with Crippen LogP contribution in [0.2, 0.25) is 0 Å². The Morgan fingerprint density at radius 1 is 0.293 bits per heavy atom. The number of carbonyl (C=O) groups is 4. The minimum Gasteiger partial charge on any atom is -0.462 e. The van der Waals surface area contributed by atoms with E-state index in [9.17, 15) is 43.2 Å². The monoisotopic (exact) mass is 1210 g/mol. The fourth-order valence-corrected chi connectivity index (χ4v) is 11.0. The Hall–Kier alpha value is -1.94. The van der Waals surface area contributed by atoms with Gasteiger partial charge in [0.1, 0.15) is 19.3 Å². The van der Waals surface area contributed by atoms with E-state index in [1.165, 1.54) is 148 Å². The van der Waals surface area contributed by atoms with Crippen LogP contribution in [-0.2, 0) is 65.4 Å². The summed E-state index contributed by atoms with van der Waals surface area (Å²) < 4.78 is 67.9. The van der Waals surface area contributed by atoms with Gasteiger partial charge < -0.3 is 33.8 Å². The predicted octanol–water partition coefficient (Wildman–Crippen LogP) is 17.5. The molecule has 0 aromatic carbocycles. The van der Waals surface area contributed by atoms with Crippen LogP contribution in [0.5, 0.6) is 0 Å². The van der Waals surface area contributed by atoms with Gasteiger partial charge in [-0.25, -0.2) is 9.13 Å². The van der Waals surface area contributed by atoms with Gasteiger partial charge in [-0.05, 0) is 25.7 Å². The zero-order valence-corrected chi connectivity index (χ0v) is 54.2. The third-order valence-electron chi connectivity index (χ3n) is 14.6. The van der Waals surface area contributed by atoms with E-state index in [-0.39, 0.29) is 25.7 Å². The summed E-state index contributed by atoms with van der Waals surface area (Å²) in [6, 6.07) is 0. The zero-order valence-electron chi connectivity index (χ0n) is 52.5. The third kappa shape index (κ3) is 57.2. The summed E-state index contributed by atoms with van der Waals surface area (Å²) in [5, 5.41) is 10.5. The second-order valence-corrected chi connectivity index (χ2v) is 25.7. The van der Waals surface area contributed by atoms with Crippen LogP contribution in [0.4, 0.5) is 0 Å². The molecule has 0 aromatic heterocycles. The van der Waals surface area contributed by atoms with Gasteiger partial charge in [0.05, 0.1) is 26.4 Å². The molecule has 19 heteroatoms. The summed E-state index contributed by atoms with van der Waals surface area (Å²) in [5.41, 5.74) is 0. The molecule has 2 unspecified atom stereocenters. The van der Waals surface area contributed by atoms with Crippen LogP contribution in [0.3, 0.4) is 0 Å². The van der Waals surface area contributed by atoms with Gasteiger partial charge >= 0.3 is 39.5 Å². The molecule has 0 bridgehead atoms. The van der Waals surface area contributed by atoms with Crippen molar-refractivity contribution in [3.63, 3.8) is 0 Å². The van der Waals surface area contributed by atoms with Gasteiger partial charge in [-0.2, -0.15) is 0 Å². The molecule has 0 amide bonds. The predicted molar refractivity (Wildman–Crippen MR) is 326 cm³/mol. The molecule has 82 heavy (non-hydrogen) atoms. The lowest BCUT2D eigenvalue weighted by atomic mass is 10.0. The van der Waals surface area contributed by atoms with Crippen molar-refractivity contribution in [1.82, 2.24) is 0 Å². The van der Waals surface area contributed by atoms with Crippen LogP contribution >= 0.6 is 15.6 Å². The summed E-state index contributed by atoms with van der Waals surface area (Å²) in [7, 11) is -9.88. The first kappa shape index (κ1) is 80.1. The van der Waals surface area contributed by atoms with Gasteiger partial charge in [0.2, 0.25) is 0 Å². The molecule has 0 aliphatic rings. The first-order chi connectivity index (χ1) is 39.7. The Morgan fingerprint density at radius 3 is 0.720 bits per heavy atom. The fourth-order valence-electron chi connectivity index (χ4n) is 9.46. The number of phosphoric acid groups is 2. The number of phosphoric ester groups is 2. The molecular weight excluding hydrogens is 1090 g/mol. The number of carbonyl (C=O) groups excluding carboxylic acids is 4. The molecule has 0 saturated carbocycles. The molecule has 0 aliphatic heterocycles. The maximum atomic E-state index is 13.0. The number of unbranched alkanes of at least 4 members (excludes halogenated alkanes) is 38. The molecule has 0 aliphatic carbocycles. The topological polar surface area (TPSA) is 237 Å². The van der Waals surface area contributed by atoms with E-state index in [0.717, 1.165) is 96.3 Å². The second kappa shape index (κ2) is 58.1. The normalized spacial score (nSPS) is 14.2. The number of hydrogen-bond donors (Lipinski definition) is 3. The molecule has 0 fully saturated rings. The lowest BCUT2D eigenvalue weighted by molar-refractivity contribution is -0.161. The number of aliphatic hydroxyl groups is 1. The summed E-state index contributed by atoms with van der Waals surface area (Å²) >= 11 is 0. The molecule has 5 atom stereocenters. The van der Waals surface area contributed by atoms with E-state index in [0.29, 0.717) is 25.7 Å². The highest BCUT2D eigenvalue weighted by molar-refractivity contribution is 7.47. The van der Waals surface area contributed by atoms with E-state index in [4.69, 9.17) is 37.0 Å². The Balaban J connectivity index is 5.21. The number of ether oxygens (including phenoxy) is 4. The molecule has 0 radical (unpaired) electrons. The molecule has 486 valence electrons. The second-order valence-electron chi connectivity index (χ2n) is 22.8. The average molecular weight is 1210 g/mol. The first-order valence-electron chi connectivity index (χ1n) is 33.3. The molecular formula is C63H122O17P2. The molecule has 0 aromatic rings. The van der Waals surface area contributed by atoms with E-state index in [2.05, 4.69) is 27.7 Å². The number of hydrogen-bond acceptors (Lipinski definition) is 15. The third-order valence-corrected chi connectivity index (χ3v) is 16.5. The van der Waals surface area contributed by atoms with Gasteiger partial charge in [-0.1, -0.05) is 272 Å². The van der Waals surface area contributed by atoms with Crippen molar-refractivity contribution in [2.75, 3.05) is 39.6 Å².